The number of aromatic nitrogens is 1. The first-order chi connectivity index (χ1) is 13.4. The topological polar surface area (TPSA) is 124 Å². The fourth-order valence-corrected chi connectivity index (χ4v) is 3.34. The van der Waals surface area contributed by atoms with E-state index in [4.69, 9.17) is 15.2 Å². The Kier molecular flexibility index (Phi) is 8.50. The van der Waals surface area contributed by atoms with Gasteiger partial charge in [-0.3, -0.25) is 10.1 Å². The molecular weight excluding hydrogens is 362 g/mol. The molecule has 0 saturated heterocycles. The van der Waals surface area contributed by atoms with Gasteiger partial charge >= 0.3 is 6.09 Å². The summed E-state index contributed by atoms with van der Waals surface area (Å²) in [5.74, 6) is -0.280. The lowest BCUT2D eigenvalue weighted by Crippen LogP contribution is -2.45. The molecule has 1 aromatic rings. The fraction of sp³-hybridized carbons (Fsp3) is 0.650. The Balaban J connectivity index is 1.85. The molecule has 156 valence electrons. The van der Waals surface area contributed by atoms with E-state index in [9.17, 15) is 14.7 Å². The monoisotopic (exact) mass is 393 g/mol. The second kappa shape index (κ2) is 10.8. The summed E-state index contributed by atoms with van der Waals surface area (Å²) < 4.78 is 10.6. The van der Waals surface area contributed by atoms with Crippen LogP contribution in [0.5, 0.6) is 17.4 Å². The number of carbonyl (C=O) groups excluding carboxylic acids is 2. The summed E-state index contributed by atoms with van der Waals surface area (Å²) in [7, 11) is 0. The molecule has 1 atom stereocenters. The van der Waals surface area contributed by atoms with Crippen molar-refractivity contribution in [3.63, 3.8) is 0 Å². The van der Waals surface area contributed by atoms with E-state index in [2.05, 4.69) is 4.98 Å². The van der Waals surface area contributed by atoms with Crippen molar-refractivity contribution in [1.29, 1.82) is 0 Å². The van der Waals surface area contributed by atoms with Gasteiger partial charge in [0.05, 0.1) is 12.6 Å². The average Bonchev–Trinajstić information content (AvgIpc) is 2.65. The molecule has 1 aliphatic rings. The van der Waals surface area contributed by atoms with Crippen molar-refractivity contribution in [2.45, 2.75) is 64.8 Å². The van der Waals surface area contributed by atoms with Gasteiger partial charge in [-0.25, -0.2) is 9.78 Å². The van der Waals surface area contributed by atoms with Gasteiger partial charge < -0.3 is 20.3 Å². The van der Waals surface area contributed by atoms with E-state index in [0.717, 1.165) is 6.42 Å². The number of imide groups is 1. The molecule has 0 unspecified atom stereocenters. The highest BCUT2D eigenvalue weighted by molar-refractivity contribution is 5.95. The third kappa shape index (κ3) is 6.99. The molecule has 2 amide bonds. The van der Waals surface area contributed by atoms with E-state index in [0.29, 0.717) is 18.9 Å². The van der Waals surface area contributed by atoms with Crippen molar-refractivity contribution in [3.05, 3.63) is 12.3 Å². The number of hydrogen-bond acceptors (Lipinski definition) is 7. The number of pyridine rings is 1. The summed E-state index contributed by atoms with van der Waals surface area (Å²) in [5, 5.41) is 12.3. The Morgan fingerprint density at radius 3 is 2.71 bits per heavy atom. The Bertz CT molecular complexity index is 659. The van der Waals surface area contributed by atoms with Gasteiger partial charge in [-0.2, -0.15) is 0 Å². The first kappa shape index (κ1) is 21.9. The Morgan fingerprint density at radius 1 is 1.32 bits per heavy atom. The van der Waals surface area contributed by atoms with Gasteiger partial charge in [-0.15, -0.1) is 0 Å². The van der Waals surface area contributed by atoms with Gasteiger partial charge in [0.25, 0.3) is 5.88 Å². The third-order valence-corrected chi connectivity index (χ3v) is 4.84. The van der Waals surface area contributed by atoms with Crippen LogP contribution in [0.4, 0.5) is 4.79 Å². The van der Waals surface area contributed by atoms with Gasteiger partial charge in [0.15, 0.2) is 5.75 Å². The molecule has 2 rings (SSSR count). The number of ether oxygens (including phenoxy) is 2. The summed E-state index contributed by atoms with van der Waals surface area (Å²) in [6.07, 6.45) is 7.93. The van der Waals surface area contributed by atoms with Gasteiger partial charge in [0.2, 0.25) is 11.7 Å². The predicted molar refractivity (Wildman–Crippen MR) is 104 cm³/mol. The molecule has 4 N–H and O–H groups in total. The Hall–Kier alpha value is -2.35. The fourth-order valence-electron chi connectivity index (χ4n) is 3.34. The molecule has 8 nitrogen and oxygen atoms in total. The van der Waals surface area contributed by atoms with Crippen LogP contribution < -0.4 is 20.5 Å². The van der Waals surface area contributed by atoms with Crippen LogP contribution in [-0.4, -0.2) is 34.7 Å². The van der Waals surface area contributed by atoms with Crippen LogP contribution in [-0.2, 0) is 4.79 Å². The van der Waals surface area contributed by atoms with E-state index >= 15 is 0 Å². The van der Waals surface area contributed by atoms with Gasteiger partial charge in [0.1, 0.15) is 0 Å². The van der Waals surface area contributed by atoms with Gasteiger partial charge in [-0.1, -0.05) is 46.0 Å². The summed E-state index contributed by atoms with van der Waals surface area (Å²) in [4.78, 5) is 27.6. The molecule has 1 saturated carbocycles. The zero-order chi connectivity index (χ0) is 20.5. The van der Waals surface area contributed by atoms with Crippen LogP contribution >= 0.6 is 0 Å². The molecule has 0 aliphatic heterocycles. The molecule has 1 fully saturated rings. The lowest BCUT2D eigenvalue weighted by molar-refractivity contribution is -0.121. The molecule has 8 heteroatoms. The average molecular weight is 393 g/mol. The standard InChI is InChI=1S/C20H31N3O5/c1-13(2)12-15(21)18(25)23-20(26)28-19-17(24)16(8-10-22-19)27-11-9-14-6-4-3-5-7-14/h8,10,13-15,24H,3-7,9,11-12,21H2,1-2H3,(H,23,25,26)/t15-/m0/s1. The molecular formula is C20H31N3O5. The van der Waals surface area contributed by atoms with Crippen molar-refractivity contribution in [2.75, 3.05) is 6.61 Å². The van der Waals surface area contributed by atoms with Crippen molar-refractivity contribution < 1.29 is 24.2 Å². The molecule has 0 spiro atoms. The maximum Gasteiger partial charge on any atom is 0.420 e. The first-order valence-corrected chi connectivity index (χ1v) is 9.95. The Morgan fingerprint density at radius 2 is 2.04 bits per heavy atom. The highest BCUT2D eigenvalue weighted by Gasteiger charge is 2.21. The van der Waals surface area contributed by atoms with E-state index in [1.807, 2.05) is 19.2 Å². The van der Waals surface area contributed by atoms with Crippen molar-refractivity contribution in [3.8, 4) is 17.4 Å². The van der Waals surface area contributed by atoms with Crippen molar-refractivity contribution >= 4 is 12.0 Å². The minimum Gasteiger partial charge on any atom is -0.501 e. The quantitative estimate of drug-likeness (QED) is 0.620. The van der Waals surface area contributed by atoms with E-state index < -0.39 is 18.0 Å². The number of aromatic hydroxyl groups is 1. The smallest absolute Gasteiger partial charge is 0.420 e. The second-order valence-electron chi connectivity index (χ2n) is 7.72. The van der Waals surface area contributed by atoms with E-state index in [1.165, 1.54) is 44.4 Å². The molecule has 0 radical (unpaired) electrons. The second-order valence-corrected chi connectivity index (χ2v) is 7.72. The largest absolute Gasteiger partial charge is 0.501 e. The van der Waals surface area contributed by atoms with Gasteiger partial charge in [0, 0.05) is 12.3 Å². The number of nitrogens with zero attached hydrogens (tertiary/aromatic N) is 1. The van der Waals surface area contributed by atoms with Gasteiger partial charge in [-0.05, 0) is 24.7 Å². The van der Waals surface area contributed by atoms with Crippen LogP contribution in [0, 0.1) is 11.8 Å². The molecule has 1 aromatic heterocycles. The maximum absolute atomic E-state index is 11.9. The zero-order valence-electron chi connectivity index (χ0n) is 16.6. The molecule has 28 heavy (non-hydrogen) atoms. The van der Waals surface area contributed by atoms with Crippen molar-refractivity contribution in [2.24, 2.45) is 17.6 Å². The molecule has 0 bridgehead atoms. The minimum atomic E-state index is -1.05. The summed E-state index contributed by atoms with van der Waals surface area (Å²) in [5.41, 5.74) is 5.73. The number of hydrogen-bond donors (Lipinski definition) is 3. The SMILES string of the molecule is CC(C)C[C@H](N)C(=O)NC(=O)Oc1nccc(OCCC2CCCCC2)c1O. The third-order valence-electron chi connectivity index (χ3n) is 4.84. The maximum atomic E-state index is 11.9. The van der Waals surface area contributed by atoms with Crippen molar-refractivity contribution in [1.82, 2.24) is 10.3 Å². The number of rotatable bonds is 8. The number of nitrogens with two attached hydrogens (primary N) is 1. The lowest BCUT2D eigenvalue weighted by Gasteiger charge is -2.21. The van der Waals surface area contributed by atoms with Crippen LogP contribution in [0.15, 0.2) is 12.3 Å². The highest BCUT2D eigenvalue weighted by Crippen LogP contribution is 2.34. The predicted octanol–water partition coefficient (Wildman–Crippen LogP) is 3.12. The summed E-state index contributed by atoms with van der Waals surface area (Å²) >= 11 is 0. The van der Waals surface area contributed by atoms with E-state index in [1.54, 1.807) is 0 Å². The highest BCUT2D eigenvalue weighted by atomic mass is 16.6. The lowest BCUT2D eigenvalue weighted by atomic mass is 9.87. The number of nitrogens with one attached hydrogen (secondary N) is 1. The zero-order valence-corrected chi connectivity index (χ0v) is 16.6. The van der Waals surface area contributed by atoms with Crippen LogP contribution in [0.2, 0.25) is 0 Å². The first-order valence-electron chi connectivity index (χ1n) is 9.95. The normalized spacial score (nSPS) is 15.9. The van der Waals surface area contributed by atoms with Crippen LogP contribution in [0.3, 0.4) is 0 Å². The minimum absolute atomic E-state index is 0.191. The Labute approximate surface area is 165 Å². The molecule has 1 heterocycles. The van der Waals surface area contributed by atoms with Crippen LogP contribution in [0.25, 0.3) is 0 Å². The molecule has 0 aromatic carbocycles. The van der Waals surface area contributed by atoms with Crippen LogP contribution in [0.1, 0.15) is 58.8 Å². The molecule has 1 aliphatic carbocycles. The number of carbonyl (C=O) groups is 2. The van der Waals surface area contributed by atoms with E-state index in [-0.39, 0.29) is 23.3 Å². The summed E-state index contributed by atoms with van der Waals surface area (Å²) in [6, 6.07) is 0.688. The summed E-state index contributed by atoms with van der Waals surface area (Å²) in [6.45, 7) is 4.32. The number of amides is 2.